The van der Waals surface area contributed by atoms with Gasteiger partial charge < -0.3 is 5.11 Å². The molecule has 14 heavy (non-hydrogen) atoms. The van der Waals surface area contributed by atoms with E-state index in [9.17, 15) is 4.79 Å². The highest BCUT2D eigenvalue weighted by Gasteiger charge is 2.34. The third-order valence-corrected chi connectivity index (χ3v) is 3.25. The van der Waals surface area contributed by atoms with Gasteiger partial charge in [0.2, 0.25) is 0 Å². The van der Waals surface area contributed by atoms with Crippen LogP contribution in [0.3, 0.4) is 0 Å². The van der Waals surface area contributed by atoms with Gasteiger partial charge in [0.1, 0.15) is 0 Å². The molecule has 1 aliphatic heterocycles. The van der Waals surface area contributed by atoms with Crippen molar-refractivity contribution in [1.29, 1.82) is 0 Å². The fourth-order valence-electron chi connectivity index (χ4n) is 2.21. The number of carboxylic acids is 1. The van der Waals surface area contributed by atoms with Crippen molar-refractivity contribution >= 4 is 5.97 Å². The Kier molecular flexibility index (Phi) is 4.39. The van der Waals surface area contributed by atoms with Crippen LogP contribution in [0.15, 0.2) is 0 Å². The van der Waals surface area contributed by atoms with E-state index in [1.54, 1.807) is 0 Å². The largest absolute Gasteiger partial charge is 0.481 e. The second-order valence-electron chi connectivity index (χ2n) is 4.22. The van der Waals surface area contributed by atoms with Crippen LogP contribution >= 0.6 is 0 Å². The predicted octanol–water partition coefficient (Wildman–Crippen LogP) is 1.97. The number of nitrogens with zero attached hydrogens (tertiary/aromatic N) is 1. The molecule has 1 aliphatic rings. The third kappa shape index (κ3) is 2.71. The molecule has 1 rings (SSSR count). The lowest BCUT2D eigenvalue weighted by molar-refractivity contribution is -0.142. The van der Waals surface area contributed by atoms with Crippen LogP contribution < -0.4 is 0 Å². The molecule has 1 fully saturated rings. The average Bonchev–Trinajstić information content (AvgIpc) is 2.48. The minimum atomic E-state index is -0.629. The Morgan fingerprint density at radius 3 is 2.71 bits per heavy atom. The number of hydrogen-bond acceptors (Lipinski definition) is 2. The molecule has 0 bridgehead atoms. The summed E-state index contributed by atoms with van der Waals surface area (Å²) >= 11 is 0. The van der Waals surface area contributed by atoms with Crippen LogP contribution in [0.4, 0.5) is 0 Å². The van der Waals surface area contributed by atoms with Gasteiger partial charge >= 0.3 is 5.97 Å². The highest BCUT2D eigenvalue weighted by Crippen LogP contribution is 2.24. The number of likely N-dealkylation sites (tertiary alicyclic amines) is 1. The maximum Gasteiger partial charge on any atom is 0.308 e. The number of unbranched alkanes of at least 4 members (excludes halogenated alkanes) is 2. The number of hydrogen-bond donors (Lipinski definition) is 1. The number of rotatable bonds is 5. The Hall–Kier alpha value is -0.570. The topological polar surface area (TPSA) is 40.5 Å². The second kappa shape index (κ2) is 5.35. The van der Waals surface area contributed by atoms with Crippen molar-refractivity contribution in [3.05, 3.63) is 0 Å². The minimum Gasteiger partial charge on any atom is -0.481 e. The van der Waals surface area contributed by atoms with E-state index in [2.05, 4.69) is 11.8 Å². The summed E-state index contributed by atoms with van der Waals surface area (Å²) in [6.07, 6.45) is 4.50. The first-order valence-electron chi connectivity index (χ1n) is 5.63. The molecule has 82 valence electrons. The van der Waals surface area contributed by atoms with Gasteiger partial charge in [-0.05, 0) is 32.9 Å². The summed E-state index contributed by atoms with van der Waals surface area (Å²) in [5, 5.41) is 8.95. The zero-order valence-electron chi connectivity index (χ0n) is 9.20. The van der Waals surface area contributed by atoms with Crippen molar-refractivity contribution in [3.63, 3.8) is 0 Å². The molecule has 1 saturated heterocycles. The maximum atomic E-state index is 10.9. The van der Waals surface area contributed by atoms with Crippen molar-refractivity contribution < 1.29 is 9.90 Å². The summed E-state index contributed by atoms with van der Waals surface area (Å²) in [4.78, 5) is 13.2. The molecule has 2 unspecified atom stereocenters. The molecule has 0 spiro atoms. The van der Waals surface area contributed by atoms with Crippen molar-refractivity contribution in [2.75, 3.05) is 13.1 Å². The molecule has 0 aromatic heterocycles. The van der Waals surface area contributed by atoms with Gasteiger partial charge in [-0.15, -0.1) is 0 Å². The van der Waals surface area contributed by atoms with E-state index in [4.69, 9.17) is 5.11 Å². The van der Waals surface area contributed by atoms with Gasteiger partial charge in [0, 0.05) is 6.04 Å². The molecule has 0 amide bonds. The first-order valence-corrected chi connectivity index (χ1v) is 5.63. The number of carbonyl (C=O) groups is 1. The molecule has 3 heteroatoms. The monoisotopic (exact) mass is 199 g/mol. The minimum absolute atomic E-state index is 0.142. The van der Waals surface area contributed by atoms with Crippen molar-refractivity contribution in [1.82, 2.24) is 4.90 Å². The second-order valence-corrected chi connectivity index (χ2v) is 4.22. The SMILES string of the molecule is CCCCCN1CCC(C(=O)O)C1C. The molecular weight excluding hydrogens is 178 g/mol. The van der Waals surface area contributed by atoms with Crippen LogP contribution in [-0.4, -0.2) is 35.1 Å². The van der Waals surface area contributed by atoms with Crippen LogP contribution in [0.1, 0.15) is 39.5 Å². The molecule has 0 aromatic carbocycles. The Morgan fingerprint density at radius 1 is 1.50 bits per heavy atom. The molecule has 0 aromatic rings. The Bertz CT molecular complexity index is 194. The van der Waals surface area contributed by atoms with E-state index in [-0.39, 0.29) is 12.0 Å². The summed E-state index contributed by atoms with van der Waals surface area (Å²) in [6.45, 7) is 6.26. The van der Waals surface area contributed by atoms with E-state index >= 15 is 0 Å². The van der Waals surface area contributed by atoms with Gasteiger partial charge in [0.05, 0.1) is 5.92 Å². The van der Waals surface area contributed by atoms with Crippen molar-refractivity contribution in [3.8, 4) is 0 Å². The highest BCUT2D eigenvalue weighted by atomic mass is 16.4. The quantitative estimate of drug-likeness (QED) is 0.688. The molecule has 3 nitrogen and oxygen atoms in total. The summed E-state index contributed by atoms with van der Waals surface area (Å²) < 4.78 is 0. The first kappa shape index (κ1) is 11.5. The molecule has 1 heterocycles. The lowest BCUT2D eigenvalue weighted by Gasteiger charge is -2.22. The lowest BCUT2D eigenvalue weighted by Crippen LogP contribution is -2.33. The van der Waals surface area contributed by atoms with E-state index in [0.717, 1.165) is 19.5 Å². The average molecular weight is 199 g/mol. The van der Waals surface area contributed by atoms with Crippen LogP contribution in [0.25, 0.3) is 0 Å². The van der Waals surface area contributed by atoms with Crippen molar-refractivity contribution in [2.45, 2.75) is 45.6 Å². The van der Waals surface area contributed by atoms with Gasteiger partial charge in [-0.3, -0.25) is 9.69 Å². The fourth-order valence-corrected chi connectivity index (χ4v) is 2.21. The number of aliphatic carboxylic acids is 1. The standard InChI is InChI=1S/C11H21NO2/c1-3-4-5-7-12-8-6-10(9(12)2)11(13)14/h9-10H,3-8H2,1-2H3,(H,13,14). The molecule has 0 aliphatic carbocycles. The van der Waals surface area contributed by atoms with Gasteiger partial charge in [-0.25, -0.2) is 0 Å². The Morgan fingerprint density at radius 2 is 2.21 bits per heavy atom. The van der Waals surface area contributed by atoms with Crippen molar-refractivity contribution in [2.24, 2.45) is 5.92 Å². The van der Waals surface area contributed by atoms with Crippen LogP contribution in [0, 0.1) is 5.92 Å². The number of carboxylic acid groups (broad SMARTS) is 1. The zero-order valence-corrected chi connectivity index (χ0v) is 9.20. The van der Waals surface area contributed by atoms with Crippen LogP contribution in [-0.2, 0) is 4.79 Å². The molecule has 2 atom stereocenters. The predicted molar refractivity (Wildman–Crippen MR) is 56.3 cm³/mol. The summed E-state index contributed by atoms with van der Waals surface area (Å²) in [5.74, 6) is -0.771. The highest BCUT2D eigenvalue weighted by molar-refractivity contribution is 5.71. The van der Waals surface area contributed by atoms with Gasteiger partial charge in [-0.2, -0.15) is 0 Å². The fraction of sp³-hybridized carbons (Fsp3) is 0.909. The van der Waals surface area contributed by atoms with Gasteiger partial charge in [-0.1, -0.05) is 19.8 Å². The van der Waals surface area contributed by atoms with E-state index in [1.165, 1.54) is 19.3 Å². The van der Waals surface area contributed by atoms with E-state index in [0.29, 0.717) is 0 Å². The van der Waals surface area contributed by atoms with E-state index < -0.39 is 5.97 Å². The molecule has 0 saturated carbocycles. The lowest BCUT2D eigenvalue weighted by atomic mass is 10.0. The molecule has 1 N–H and O–H groups in total. The molecular formula is C11H21NO2. The summed E-state index contributed by atoms with van der Waals surface area (Å²) in [7, 11) is 0. The zero-order chi connectivity index (χ0) is 10.6. The normalized spacial score (nSPS) is 28.1. The first-order chi connectivity index (χ1) is 6.66. The van der Waals surface area contributed by atoms with Gasteiger partial charge in [0.25, 0.3) is 0 Å². The molecule has 0 radical (unpaired) electrons. The smallest absolute Gasteiger partial charge is 0.308 e. The van der Waals surface area contributed by atoms with E-state index in [1.807, 2.05) is 6.92 Å². The summed E-state index contributed by atoms with van der Waals surface area (Å²) in [6, 6.07) is 0.226. The van der Waals surface area contributed by atoms with Gasteiger partial charge in [0.15, 0.2) is 0 Å². The maximum absolute atomic E-state index is 10.9. The van der Waals surface area contributed by atoms with Crippen LogP contribution in [0.2, 0.25) is 0 Å². The third-order valence-electron chi connectivity index (χ3n) is 3.25. The van der Waals surface area contributed by atoms with Crippen LogP contribution in [0.5, 0.6) is 0 Å². The Balaban J connectivity index is 2.32. The summed E-state index contributed by atoms with van der Waals surface area (Å²) in [5.41, 5.74) is 0. The Labute approximate surface area is 86.1 Å².